The van der Waals surface area contributed by atoms with Crippen LogP contribution in [0, 0.1) is 0 Å². The quantitative estimate of drug-likeness (QED) is 0.899. The monoisotopic (exact) mass is 290 g/mol. The molecule has 1 N–H and O–H groups in total. The summed E-state index contributed by atoms with van der Waals surface area (Å²) in [4.78, 5) is 14.0. The summed E-state index contributed by atoms with van der Waals surface area (Å²) in [6.45, 7) is 9.65. The molecule has 4 heteroatoms. The molecule has 21 heavy (non-hydrogen) atoms. The largest absolute Gasteiger partial charge is 0.378 e. The van der Waals surface area contributed by atoms with Crippen molar-refractivity contribution in [1.29, 1.82) is 0 Å². The Balaban J connectivity index is 1.88. The van der Waals surface area contributed by atoms with Gasteiger partial charge in [-0.05, 0) is 12.5 Å². The fourth-order valence-corrected chi connectivity index (χ4v) is 2.54. The maximum Gasteiger partial charge on any atom is 0.236 e. The zero-order valence-corrected chi connectivity index (χ0v) is 13.3. The molecular formula is C17H26N2O2. The van der Waals surface area contributed by atoms with Gasteiger partial charge in [-0.1, -0.05) is 44.2 Å². The number of nitrogens with one attached hydrogen (secondary N) is 1. The molecule has 1 aromatic rings. The summed E-state index contributed by atoms with van der Waals surface area (Å²) >= 11 is 0. The lowest BCUT2D eigenvalue weighted by molar-refractivity contribution is -0.134. The number of hydrogen-bond donors (Lipinski definition) is 1. The van der Waals surface area contributed by atoms with E-state index in [1.54, 1.807) is 0 Å². The topological polar surface area (TPSA) is 41.6 Å². The number of ether oxygens (including phenoxy) is 1. The maximum absolute atomic E-state index is 12.2. The molecule has 1 saturated heterocycles. The lowest BCUT2D eigenvalue weighted by Gasteiger charge is -2.34. The summed E-state index contributed by atoms with van der Waals surface area (Å²) in [6, 6.07) is 10.6. The number of benzene rings is 1. The van der Waals surface area contributed by atoms with Crippen LogP contribution in [-0.4, -0.2) is 49.7 Å². The van der Waals surface area contributed by atoms with Crippen LogP contribution in [0.5, 0.6) is 0 Å². The summed E-state index contributed by atoms with van der Waals surface area (Å²) in [7, 11) is 0. The number of hydrogen-bond acceptors (Lipinski definition) is 3. The molecule has 116 valence electrons. The molecule has 2 rings (SSSR count). The Hall–Kier alpha value is -1.39. The van der Waals surface area contributed by atoms with Gasteiger partial charge in [0.1, 0.15) is 0 Å². The predicted molar refractivity (Wildman–Crippen MR) is 84.3 cm³/mol. The summed E-state index contributed by atoms with van der Waals surface area (Å²) in [6.07, 6.45) is 0. The number of rotatable bonds is 5. The molecule has 1 aliphatic heterocycles. The van der Waals surface area contributed by atoms with Crippen molar-refractivity contribution in [3.63, 3.8) is 0 Å². The first-order valence-electron chi connectivity index (χ1n) is 7.66. The van der Waals surface area contributed by atoms with Crippen molar-refractivity contribution in [2.24, 2.45) is 0 Å². The smallest absolute Gasteiger partial charge is 0.236 e. The van der Waals surface area contributed by atoms with Gasteiger partial charge in [-0.3, -0.25) is 4.79 Å². The third-order valence-corrected chi connectivity index (χ3v) is 4.52. The fourth-order valence-electron chi connectivity index (χ4n) is 2.54. The summed E-state index contributed by atoms with van der Waals surface area (Å²) in [5, 5.41) is 3.39. The van der Waals surface area contributed by atoms with Crippen LogP contribution < -0.4 is 5.32 Å². The first kappa shape index (κ1) is 16.0. The van der Waals surface area contributed by atoms with E-state index in [0.717, 1.165) is 0 Å². The Kier molecular flexibility index (Phi) is 5.37. The van der Waals surface area contributed by atoms with Gasteiger partial charge in [0.05, 0.1) is 19.8 Å². The molecule has 1 aliphatic rings. The van der Waals surface area contributed by atoms with Crippen LogP contribution in [-0.2, 0) is 14.9 Å². The number of carbonyl (C=O) groups excluding carboxylic acids is 1. The second-order valence-electron chi connectivity index (χ2n) is 6.18. The first-order chi connectivity index (χ1) is 10.0. The lowest BCUT2D eigenvalue weighted by Crippen LogP contribution is -2.49. The van der Waals surface area contributed by atoms with Crippen molar-refractivity contribution in [3.8, 4) is 0 Å². The SMILES string of the molecule is C[C@@H](NCC(=O)N1CCOCC1)C(C)(C)c1ccccc1. The Morgan fingerprint density at radius 3 is 2.52 bits per heavy atom. The van der Waals surface area contributed by atoms with E-state index in [4.69, 9.17) is 4.74 Å². The molecule has 0 aliphatic carbocycles. The van der Waals surface area contributed by atoms with Crippen molar-refractivity contribution in [1.82, 2.24) is 10.2 Å². The molecule has 1 heterocycles. The molecule has 1 aromatic carbocycles. The minimum Gasteiger partial charge on any atom is -0.378 e. The average molecular weight is 290 g/mol. The van der Waals surface area contributed by atoms with E-state index in [1.165, 1.54) is 5.56 Å². The highest BCUT2D eigenvalue weighted by molar-refractivity contribution is 5.78. The predicted octanol–water partition coefficient (Wildman–Crippen LogP) is 1.80. The molecule has 0 aromatic heterocycles. The maximum atomic E-state index is 12.2. The van der Waals surface area contributed by atoms with Gasteiger partial charge in [-0.2, -0.15) is 0 Å². The zero-order valence-electron chi connectivity index (χ0n) is 13.3. The van der Waals surface area contributed by atoms with Crippen LogP contribution in [0.1, 0.15) is 26.3 Å². The van der Waals surface area contributed by atoms with Crippen molar-refractivity contribution < 1.29 is 9.53 Å². The molecule has 0 radical (unpaired) electrons. The third kappa shape index (κ3) is 4.05. The first-order valence-corrected chi connectivity index (χ1v) is 7.66. The van der Waals surface area contributed by atoms with E-state index in [9.17, 15) is 4.79 Å². The number of morpholine rings is 1. The van der Waals surface area contributed by atoms with Crippen molar-refractivity contribution in [2.75, 3.05) is 32.8 Å². The van der Waals surface area contributed by atoms with Crippen LogP contribution in [0.15, 0.2) is 30.3 Å². The Bertz CT molecular complexity index is 453. The van der Waals surface area contributed by atoms with E-state index < -0.39 is 0 Å². The minimum atomic E-state index is -0.0213. The van der Waals surface area contributed by atoms with Gasteiger partial charge < -0.3 is 15.0 Å². The Labute approximate surface area is 127 Å². The van der Waals surface area contributed by atoms with Crippen LogP contribution in [0.3, 0.4) is 0 Å². The average Bonchev–Trinajstić information content (AvgIpc) is 2.53. The van der Waals surface area contributed by atoms with Crippen LogP contribution in [0.2, 0.25) is 0 Å². The molecule has 0 bridgehead atoms. The molecule has 1 fully saturated rings. The van der Waals surface area contributed by atoms with Crippen LogP contribution in [0.4, 0.5) is 0 Å². The third-order valence-electron chi connectivity index (χ3n) is 4.52. The van der Waals surface area contributed by atoms with Gasteiger partial charge in [-0.25, -0.2) is 0 Å². The van der Waals surface area contributed by atoms with Gasteiger partial charge >= 0.3 is 0 Å². The highest BCUT2D eigenvalue weighted by Gasteiger charge is 2.28. The van der Waals surface area contributed by atoms with Gasteiger partial charge in [0.2, 0.25) is 5.91 Å². The van der Waals surface area contributed by atoms with Crippen molar-refractivity contribution in [2.45, 2.75) is 32.2 Å². The van der Waals surface area contributed by atoms with Crippen molar-refractivity contribution in [3.05, 3.63) is 35.9 Å². The molecule has 0 spiro atoms. The number of nitrogens with zero attached hydrogens (tertiary/aromatic N) is 1. The molecule has 1 amide bonds. The molecule has 0 saturated carbocycles. The van der Waals surface area contributed by atoms with Crippen LogP contribution >= 0.6 is 0 Å². The second-order valence-corrected chi connectivity index (χ2v) is 6.18. The number of carbonyl (C=O) groups is 1. The molecule has 1 atom stereocenters. The minimum absolute atomic E-state index is 0.0213. The van der Waals surface area contributed by atoms with E-state index in [1.807, 2.05) is 11.0 Å². The fraction of sp³-hybridized carbons (Fsp3) is 0.588. The second kappa shape index (κ2) is 7.05. The van der Waals surface area contributed by atoms with E-state index in [-0.39, 0.29) is 17.4 Å². The normalized spacial score (nSPS) is 17.6. The van der Waals surface area contributed by atoms with Gasteiger partial charge in [0.25, 0.3) is 0 Å². The highest BCUT2D eigenvalue weighted by atomic mass is 16.5. The van der Waals surface area contributed by atoms with Crippen molar-refractivity contribution >= 4 is 5.91 Å². The Morgan fingerprint density at radius 2 is 1.90 bits per heavy atom. The number of amides is 1. The molecular weight excluding hydrogens is 264 g/mol. The van der Waals surface area contributed by atoms with E-state index in [0.29, 0.717) is 32.8 Å². The molecule has 0 unspecified atom stereocenters. The zero-order chi connectivity index (χ0) is 15.3. The molecule has 4 nitrogen and oxygen atoms in total. The Morgan fingerprint density at radius 1 is 1.29 bits per heavy atom. The van der Waals surface area contributed by atoms with Gasteiger partial charge in [0, 0.05) is 24.5 Å². The summed E-state index contributed by atoms with van der Waals surface area (Å²) in [5.74, 6) is 0.161. The van der Waals surface area contributed by atoms with Gasteiger partial charge in [-0.15, -0.1) is 0 Å². The van der Waals surface area contributed by atoms with Crippen LogP contribution in [0.25, 0.3) is 0 Å². The van der Waals surface area contributed by atoms with E-state index in [2.05, 4.69) is 50.4 Å². The highest BCUT2D eigenvalue weighted by Crippen LogP contribution is 2.26. The summed E-state index contributed by atoms with van der Waals surface area (Å²) < 4.78 is 5.27. The lowest BCUT2D eigenvalue weighted by atomic mass is 9.78. The standard InChI is InChI=1S/C17H26N2O2/c1-14(17(2,3)15-7-5-4-6-8-15)18-13-16(20)19-9-11-21-12-10-19/h4-8,14,18H,9-13H2,1-3H3/t14-/m1/s1. The van der Waals surface area contributed by atoms with Gasteiger partial charge in [0.15, 0.2) is 0 Å². The summed E-state index contributed by atoms with van der Waals surface area (Å²) in [5.41, 5.74) is 1.26. The van der Waals surface area contributed by atoms with E-state index >= 15 is 0 Å².